The highest BCUT2D eigenvalue weighted by Gasteiger charge is 2.51. The molecule has 4 aliphatic rings. The number of aromatic nitrogens is 4. The molecule has 1 saturated heterocycles. The Kier molecular flexibility index (Phi) is 4.76. The van der Waals surface area contributed by atoms with Crippen molar-refractivity contribution in [2.75, 3.05) is 11.9 Å². The molecule has 4 atom stereocenters. The molecule has 2 N–H and O–H groups in total. The molecule has 0 saturated carbocycles. The van der Waals surface area contributed by atoms with E-state index in [4.69, 9.17) is 9.84 Å². The van der Waals surface area contributed by atoms with Crippen LogP contribution in [-0.4, -0.2) is 57.5 Å². The third-order valence-corrected chi connectivity index (χ3v) is 7.60. The minimum absolute atomic E-state index is 0.0164. The number of amides is 1. The average molecular weight is 464 g/mol. The first-order valence-electron chi connectivity index (χ1n) is 11.7. The van der Waals surface area contributed by atoms with Gasteiger partial charge in [-0.05, 0) is 51.4 Å². The third kappa shape index (κ3) is 3.51. The molecule has 0 radical (unpaired) electrons. The van der Waals surface area contributed by atoms with Crippen molar-refractivity contribution in [3.63, 3.8) is 0 Å². The number of epoxide rings is 1. The summed E-state index contributed by atoms with van der Waals surface area (Å²) < 4.78 is 47.8. The summed E-state index contributed by atoms with van der Waals surface area (Å²) in [4.78, 5) is 15.2. The molecule has 33 heavy (non-hydrogen) atoms. The number of anilines is 1. The Hall–Kier alpha value is -2.56. The second kappa shape index (κ2) is 7.48. The highest BCUT2D eigenvalue weighted by atomic mass is 19.4. The number of H-pyrrole nitrogens is 1. The van der Waals surface area contributed by atoms with E-state index >= 15 is 0 Å². The predicted octanol–water partition coefficient (Wildman–Crippen LogP) is 2.52. The van der Waals surface area contributed by atoms with Gasteiger partial charge in [-0.3, -0.25) is 9.89 Å². The first kappa shape index (κ1) is 21.0. The van der Waals surface area contributed by atoms with Crippen LogP contribution in [-0.2, 0) is 37.0 Å². The maximum absolute atomic E-state index is 13.3. The lowest BCUT2D eigenvalue weighted by molar-refractivity contribution is -0.177. The minimum Gasteiger partial charge on any atom is -0.345 e. The normalized spacial score (nSPS) is 28.7. The number of carbonyl (C=O) groups excluding carboxylic acids is 1. The van der Waals surface area contributed by atoms with Gasteiger partial charge in [0, 0.05) is 30.4 Å². The summed E-state index contributed by atoms with van der Waals surface area (Å²) in [5.41, 5.74) is 3.56. The number of hydrogen-bond acceptors (Lipinski definition) is 5. The van der Waals surface area contributed by atoms with Crippen LogP contribution in [0, 0.1) is 5.92 Å². The van der Waals surface area contributed by atoms with Gasteiger partial charge in [0.2, 0.25) is 0 Å². The molecular formula is C22H27F3N6O2. The lowest BCUT2D eigenvalue weighted by Gasteiger charge is -2.26. The number of likely N-dealkylation sites (N-methyl/N-ethyl adjacent to an activating group) is 1. The number of rotatable bonds is 2. The van der Waals surface area contributed by atoms with Crippen LogP contribution in [0.3, 0.4) is 0 Å². The topological polar surface area (TPSA) is 91.4 Å². The quantitative estimate of drug-likeness (QED) is 0.667. The first-order valence-corrected chi connectivity index (χ1v) is 11.7. The van der Waals surface area contributed by atoms with Crippen molar-refractivity contribution >= 4 is 11.7 Å². The molecular weight excluding hydrogens is 437 g/mol. The summed E-state index contributed by atoms with van der Waals surface area (Å²) in [6.07, 6.45) is 0.409. The summed E-state index contributed by atoms with van der Waals surface area (Å²) >= 11 is 0. The lowest BCUT2D eigenvalue weighted by atomic mass is 9.86. The number of carbonyl (C=O) groups is 1. The van der Waals surface area contributed by atoms with Gasteiger partial charge in [0.15, 0.2) is 11.9 Å². The van der Waals surface area contributed by atoms with Crippen LogP contribution in [0.15, 0.2) is 0 Å². The summed E-state index contributed by atoms with van der Waals surface area (Å²) in [6, 6.07) is -0.270. The highest BCUT2D eigenvalue weighted by Crippen LogP contribution is 2.40. The lowest BCUT2D eigenvalue weighted by Crippen LogP contribution is -2.44. The van der Waals surface area contributed by atoms with Gasteiger partial charge in [-0.25, -0.2) is 4.68 Å². The largest absolute Gasteiger partial charge is 0.392 e. The second-order valence-electron chi connectivity index (χ2n) is 9.66. The van der Waals surface area contributed by atoms with E-state index in [1.165, 1.54) is 5.56 Å². The smallest absolute Gasteiger partial charge is 0.345 e. The number of fused-ring (bicyclic) bond motifs is 5. The molecule has 0 bridgehead atoms. The molecule has 0 spiro atoms. The van der Waals surface area contributed by atoms with E-state index in [9.17, 15) is 18.0 Å². The molecule has 1 fully saturated rings. The molecule has 6 rings (SSSR count). The van der Waals surface area contributed by atoms with E-state index in [2.05, 4.69) is 20.4 Å². The number of halogens is 3. The number of nitrogens with zero attached hydrogens (tertiary/aromatic N) is 4. The van der Waals surface area contributed by atoms with Crippen LogP contribution < -0.4 is 10.2 Å². The Morgan fingerprint density at radius 2 is 2.00 bits per heavy atom. The number of aryl methyl sites for hydroxylation is 3. The van der Waals surface area contributed by atoms with Gasteiger partial charge in [-0.15, -0.1) is 0 Å². The number of ether oxygens (including phenoxy) is 1. The average Bonchev–Trinajstić information content (AvgIpc) is 3.31. The molecule has 1 amide bonds. The van der Waals surface area contributed by atoms with Crippen LogP contribution in [0.25, 0.3) is 0 Å². The van der Waals surface area contributed by atoms with Gasteiger partial charge >= 0.3 is 6.18 Å². The number of nitrogens with one attached hydrogen (secondary N) is 2. The summed E-state index contributed by atoms with van der Waals surface area (Å²) in [5.74, 6) is -0.774. The highest BCUT2D eigenvalue weighted by molar-refractivity contribution is 5.94. The van der Waals surface area contributed by atoms with Crippen molar-refractivity contribution in [2.45, 2.75) is 82.5 Å². The maximum atomic E-state index is 13.3. The molecule has 2 aromatic rings. The first-order chi connectivity index (χ1) is 15.8. The molecule has 8 nitrogen and oxygen atoms in total. The fraction of sp³-hybridized carbons (Fsp3) is 0.682. The van der Waals surface area contributed by atoms with Crippen molar-refractivity contribution in [3.05, 3.63) is 28.2 Å². The number of hydrogen-bond donors (Lipinski definition) is 2. The van der Waals surface area contributed by atoms with E-state index in [0.29, 0.717) is 24.2 Å². The summed E-state index contributed by atoms with van der Waals surface area (Å²) in [5, 5.41) is 14.7. The van der Waals surface area contributed by atoms with Crippen LogP contribution in [0.2, 0.25) is 0 Å². The van der Waals surface area contributed by atoms with E-state index < -0.39 is 18.0 Å². The number of alkyl halides is 3. The van der Waals surface area contributed by atoms with Gasteiger partial charge in [-0.2, -0.15) is 23.4 Å². The molecule has 2 aromatic heterocycles. The van der Waals surface area contributed by atoms with E-state index in [-0.39, 0.29) is 43.3 Å². The van der Waals surface area contributed by atoms with Crippen LogP contribution in [0.5, 0.6) is 0 Å². The molecule has 4 heterocycles. The van der Waals surface area contributed by atoms with Crippen molar-refractivity contribution < 1.29 is 22.7 Å². The number of aromatic amines is 1. The van der Waals surface area contributed by atoms with E-state index in [0.717, 1.165) is 37.2 Å². The molecule has 178 valence electrons. The van der Waals surface area contributed by atoms with Crippen LogP contribution in [0.1, 0.15) is 58.7 Å². The van der Waals surface area contributed by atoms with Crippen molar-refractivity contribution in [1.29, 1.82) is 0 Å². The minimum atomic E-state index is -4.28. The zero-order chi connectivity index (χ0) is 22.9. The Balaban J connectivity index is 1.21. The predicted molar refractivity (Wildman–Crippen MR) is 112 cm³/mol. The molecule has 0 aromatic carbocycles. The Morgan fingerprint density at radius 3 is 2.82 bits per heavy atom. The summed E-state index contributed by atoms with van der Waals surface area (Å²) in [6.45, 7) is 0.638. The standard InChI is InChI=1S/C22H27F3N6O2/c1-30-20-12-4-2-3-5-15(12)29-31(20)9-8-16(18-21(30)33-18)26-19(32)17-13-10-11(22(23,24)25)6-7-14(13)27-28-17/h11,16,18,21H,2-10H2,1H3,(H,26,32)(H,27,28)/t11-,16?,18?,21?/m0/s1. The second-order valence-corrected chi connectivity index (χ2v) is 9.66. The maximum Gasteiger partial charge on any atom is 0.392 e. The third-order valence-electron chi connectivity index (χ3n) is 7.60. The van der Waals surface area contributed by atoms with Gasteiger partial charge in [-0.1, -0.05) is 0 Å². The van der Waals surface area contributed by atoms with Crippen molar-refractivity contribution in [3.8, 4) is 0 Å². The zero-order valence-electron chi connectivity index (χ0n) is 18.4. The van der Waals surface area contributed by atoms with Crippen LogP contribution >= 0.6 is 0 Å². The molecule has 3 unspecified atom stereocenters. The molecule has 2 aliphatic heterocycles. The Morgan fingerprint density at radius 1 is 1.18 bits per heavy atom. The Labute approximate surface area is 188 Å². The SMILES string of the molecule is CN1c2c3c(nn2CCC(NC(=O)c2n[nH]c4c2C[C@@H](C(F)(F)F)CC4)C2OC21)CCCC3. The fourth-order valence-corrected chi connectivity index (χ4v) is 5.76. The fourth-order valence-electron chi connectivity index (χ4n) is 5.76. The van der Waals surface area contributed by atoms with E-state index in [1.54, 1.807) is 0 Å². The van der Waals surface area contributed by atoms with Gasteiger partial charge < -0.3 is 15.0 Å². The summed E-state index contributed by atoms with van der Waals surface area (Å²) in [7, 11) is 2.00. The monoisotopic (exact) mass is 464 g/mol. The van der Waals surface area contributed by atoms with Crippen molar-refractivity contribution in [1.82, 2.24) is 25.3 Å². The van der Waals surface area contributed by atoms with Gasteiger partial charge in [0.05, 0.1) is 17.7 Å². The van der Waals surface area contributed by atoms with Gasteiger partial charge in [0.25, 0.3) is 5.91 Å². The van der Waals surface area contributed by atoms with Gasteiger partial charge in [0.1, 0.15) is 11.9 Å². The molecule has 11 heteroatoms. The van der Waals surface area contributed by atoms with Crippen molar-refractivity contribution in [2.24, 2.45) is 5.92 Å². The Bertz CT molecular complexity index is 1090. The zero-order valence-corrected chi connectivity index (χ0v) is 18.4. The molecule has 2 aliphatic carbocycles. The van der Waals surface area contributed by atoms with E-state index in [1.807, 2.05) is 11.7 Å². The van der Waals surface area contributed by atoms with Crippen LogP contribution in [0.4, 0.5) is 19.0 Å².